The molecule has 0 spiro atoms. The molecule has 1 aliphatic carbocycles. The highest BCUT2D eigenvalue weighted by Crippen LogP contribution is 2.25. The summed E-state index contributed by atoms with van der Waals surface area (Å²) in [5.41, 5.74) is 0.637. The molecule has 6 nitrogen and oxygen atoms in total. The number of nitrogens with zero attached hydrogens (tertiary/aromatic N) is 2. The van der Waals surface area contributed by atoms with Gasteiger partial charge in [-0.25, -0.2) is 4.98 Å². The number of carbonyl (C=O) groups is 1. The highest BCUT2D eigenvalue weighted by Gasteiger charge is 2.26. The molecule has 1 saturated heterocycles. The lowest BCUT2D eigenvalue weighted by atomic mass is 10.1. The Morgan fingerprint density at radius 2 is 2.16 bits per heavy atom. The van der Waals surface area contributed by atoms with Crippen LogP contribution in [-0.2, 0) is 0 Å². The van der Waals surface area contributed by atoms with Crippen LogP contribution < -0.4 is 10.6 Å². The molecule has 4 rings (SSSR count). The van der Waals surface area contributed by atoms with Gasteiger partial charge in [0.05, 0.1) is 12.3 Å². The van der Waals surface area contributed by atoms with Gasteiger partial charge in [-0.1, -0.05) is 0 Å². The van der Waals surface area contributed by atoms with E-state index in [-0.39, 0.29) is 11.9 Å². The van der Waals surface area contributed by atoms with Crippen LogP contribution in [0.4, 0.5) is 5.82 Å². The zero-order valence-electron chi connectivity index (χ0n) is 14.3. The van der Waals surface area contributed by atoms with Crippen LogP contribution in [-0.4, -0.2) is 41.5 Å². The molecule has 1 atom stereocenters. The van der Waals surface area contributed by atoms with E-state index in [1.807, 2.05) is 18.2 Å². The fraction of sp³-hybridized carbons (Fsp3) is 0.474. The molecule has 1 unspecified atom stereocenters. The van der Waals surface area contributed by atoms with Crippen LogP contribution in [0.2, 0.25) is 0 Å². The van der Waals surface area contributed by atoms with E-state index in [2.05, 4.69) is 20.5 Å². The van der Waals surface area contributed by atoms with E-state index in [1.165, 1.54) is 25.7 Å². The average molecular weight is 340 g/mol. The fourth-order valence-electron chi connectivity index (χ4n) is 3.32. The first-order valence-corrected chi connectivity index (χ1v) is 9.08. The Morgan fingerprint density at radius 1 is 1.32 bits per heavy atom. The second-order valence-electron chi connectivity index (χ2n) is 6.83. The van der Waals surface area contributed by atoms with Crippen LogP contribution in [0.3, 0.4) is 0 Å². The third-order valence-corrected chi connectivity index (χ3v) is 4.86. The van der Waals surface area contributed by atoms with Crippen LogP contribution in [0, 0.1) is 0 Å². The minimum Gasteiger partial charge on any atom is -0.468 e. The monoisotopic (exact) mass is 340 g/mol. The number of hydrogen-bond donors (Lipinski definition) is 2. The smallest absolute Gasteiger partial charge is 0.251 e. The molecule has 2 aliphatic rings. The van der Waals surface area contributed by atoms with Crippen molar-refractivity contribution in [3.8, 4) is 0 Å². The van der Waals surface area contributed by atoms with Gasteiger partial charge in [0.1, 0.15) is 11.6 Å². The van der Waals surface area contributed by atoms with Crippen molar-refractivity contribution >= 4 is 11.7 Å². The Bertz CT molecular complexity index is 706. The fourth-order valence-corrected chi connectivity index (χ4v) is 3.32. The van der Waals surface area contributed by atoms with Crippen molar-refractivity contribution in [3.63, 3.8) is 0 Å². The van der Waals surface area contributed by atoms with Gasteiger partial charge >= 0.3 is 0 Å². The molecule has 0 aromatic carbocycles. The minimum atomic E-state index is -0.0722. The van der Waals surface area contributed by atoms with Gasteiger partial charge in [-0.05, 0) is 63.0 Å². The minimum absolute atomic E-state index is 0.0722. The summed E-state index contributed by atoms with van der Waals surface area (Å²) in [6.45, 7) is 2.64. The molecule has 1 saturated carbocycles. The summed E-state index contributed by atoms with van der Waals surface area (Å²) in [5.74, 6) is 1.61. The Kier molecular flexibility index (Phi) is 4.70. The summed E-state index contributed by atoms with van der Waals surface area (Å²) in [5, 5.41) is 6.39. The van der Waals surface area contributed by atoms with E-state index < -0.39 is 0 Å². The van der Waals surface area contributed by atoms with Crippen LogP contribution in [0.25, 0.3) is 0 Å². The number of carbonyl (C=O) groups excluding carboxylic acids is 1. The van der Waals surface area contributed by atoms with Gasteiger partial charge in [-0.15, -0.1) is 0 Å². The van der Waals surface area contributed by atoms with Crippen LogP contribution in [0.15, 0.2) is 41.1 Å². The van der Waals surface area contributed by atoms with Crippen molar-refractivity contribution in [2.24, 2.45) is 0 Å². The maximum absolute atomic E-state index is 12.6. The SMILES string of the molecule is O=C(NCC(c1ccco1)N1CCCC1)c1ccnc(NC2CC2)c1. The standard InChI is InChI=1S/C19H24N4O2/c24-19(14-7-8-20-18(12-14)22-15-5-6-15)21-13-16(17-4-3-11-25-17)23-9-1-2-10-23/h3-4,7-8,11-12,15-16H,1-2,5-6,9-10,13H2,(H,20,22)(H,21,24). The molecular weight excluding hydrogens is 316 g/mol. The highest BCUT2D eigenvalue weighted by atomic mass is 16.3. The van der Waals surface area contributed by atoms with E-state index in [0.717, 1.165) is 24.7 Å². The lowest BCUT2D eigenvalue weighted by Crippen LogP contribution is -2.36. The average Bonchev–Trinajstić information content (AvgIpc) is 3.08. The summed E-state index contributed by atoms with van der Waals surface area (Å²) in [4.78, 5) is 19.2. The number of anilines is 1. The van der Waals surface area contributed by atoms with E-state index in [9.17, 15) is 4.79 Å². The number of amides is 1. The molecule has 2 aromatic rings. The van der Waals surface area contributed by atoms with Crippen molar-refractivity contribution in [1.29, 1.82) is 0 Å². The first-order chi connectivity index (χ1) is 12.3. The maximum atomic E-state index is 12.6. The number of furan rings is 1. The number of likely N-dealkylation sites (tertiary alicyclic amines) is 1. The Labute approximate surface area is 147 Å². The molecule has 132 valence electrons. The first kappa shape index (κ1) is 16.1. The molecule has 0 bridgehead atoms. The summed E-state index contributed by atoms with van der Waals surface area (Å²) in [6, 6.07) is 8.08. The van der Waals surface area contributed by atoms with Gasteiger partial charge in [0.15, 0.2) is 0 Å². The number of nitrogens with one attached hydrogen (secondary N) is 2. The zero-order valence-corrected chi connectivity index (χ0v) is 14.3. The molecule has 6 heteroatoms. The largest absolute Gasteiger partial charge is 0.468 e. The number of rotatable bonds is 7. The molecule has 0 radical (unpaired) electrons. The van der Waals surface area contributed by atoms with Crippen LogP contribution in [0.1, 0.15) is 47.8 Å². The summed E-state index contributed by atoms with van der Waals surface area (Å²) >= 11 is 0. The number of pyridine rings is 1. The van der Waals surface area contributed by atoms with Crippen molar-refractivity contribution in [2.75, 3.05) is 25.0 Å². The molecule has 1 amide bonds. The molecule has 2 aromatic heterocycles. The highest BCUT2D eigenvalue weighted by molar-refractivity contribution is 5.94. The first-order valence-electron chi connectivity index (χ1n) is 9.08. The molecular formula is C19H24N4O2. The Morgan fingerprint density at radius 3 is 2.88 bits per heavy atom. The number of aromatic nitrogens is 1. The lowest BCUT2D eigenvalue weighted by molar-refractivity contribution is 0.0933. The second-order valence-corrected chi connectivity index (χ2v) is 6.83. The third-order valence-electron chi connectivity index (χ3n) is 4.86. The van der Waals surface area contributed by atoms with E-state index >= 15 is 0 Å². The molecule has 3 heterocycles. The van der Waals surface area contributed by atoms with Crippen LogP contribution in [0.5, 0.6) is 0 Å². The van der Waals surface area contributed by atoms with Gasteiger partial charge in [0, 0.05) is 24.3 Å². The predicted octanol–water partition coefficient (Wildman–Crippen LogP) is 2.82. The molecule has 1 aliphatic heterocycles. The van der Waals surface area contributed by atoms with Crippen LogP contribution >= 0.6 is 0 Å². The molecule has 25 heavy (non-hydrogen) atoms. The second kappa shape index (κ2) is 7.27. The molecule has 2 N–H and O–H groups in total. The lowest BCUT2D eigenvalue weighted by Gasteiger charge is -2.26. The van der Waals surface area contributed by atoms with Gasteiger partial charge < -0.3 is 15.1 Å². The normalized spacial score (nSPS) is 18.9. The summed E-state index contributed by atoms with van der Waals surface area (Å²) < 4.78 is 5.60. The van der Waals surface area contributed by atoms with E-state index in [1.54, 1.807) is 18.5 Å². The van der Waals surface area contributed by atoms with Gasteiger partial charge in [0.25, 0.3) is 5.91 Å². The Hall–Kier alpha value is -2.34. The van der Waals surface area contributed by atoms with Crippen molar-refractivity contribution < 1.29 is 9.21 Å². The summed E-state index contributed by atoms with van der Waals surface area (Å²) in [6.07, 6.45) is 8.14. The van der Waals surface area contributed by atoms with Crippen molar-refractivity contribution in [1.82, 2.24) is 15.2 Å². The van der Waals surface area contributed by atoms with E-state index in [0.29, 0.717) is 18.2 Å². The van der Waals surface area contributed by atoms with E-state index in [4.69, 9.17) is 4.42 Å². The van der Waals surface area contributed by atoms with Crippen molar-refractivity contribution in [3.05, 3.63) is 48.0 Å². The predicted molar refractivity (Wildman–Crippen MR) is 95.5 cm³/mol. The van der Waals surface area contributed by atoms with Crippen molar-refractivity contribution in [2.45, 2.75) is 37.8 Å². The topological polar surface area (TPSA) is 70.4 Å². The number of hydrogen-bond acceptors (Lipinski definition) is 5. The third kappa shape index (κ3) is 4.02. The zero-order chi connectivity index (χ0) is 17.1. The van der Waals surface area contributed by atoms with Gasteiger partial charge in [-0.3, -0.25) is 9.69 Å². The Balaban J connectivity index is 1.40. The van der Waals surface area contributed by atoms with Gasteiger partial charge in [-0.2, -0.15) is 0 Å². The quantitative estimate of drug-likeness (QED) is 0.811. The summed E-state index contributed by atoms with van der Waals surface area (Å²) in [7, 11) is 0. The molecule has 2 fully saturated rings. The maximum Gasteiger partial charge on any atom is 0.251 e. The van der Waals surface area contributed by atoms with Gasteiger partial charge in [0.2, 0.25) is 0 Å².